The maximum absolute atomic E-state index is 11.1. The predicted molar refractivity (Wildman–Crippen MR) is 127 cm³/mol. The second kappa shape index (κ2) is 9.68. The van der Waals surface area contributed by atoms with Crippen LogP contribution in [0, 0.1) is 5.92 Å². The summed E-state index contributed by atoms with van der Waals surface area (Å²) in [6, 6.07) is 9.30. The number of aliphatic carboxylic acids is 1. The van der Waals surface area contributed by atoms with Crippen molar-refractivity contribution in [2.45, 2.75) is 38.2 Å². The fraction of sp³-hybridized carbons (Fsp3) is 0.458. The van der Waals surface area contributed by atoms with Crippen LogP contribution >= 0.6 is 34.8 Å². The number of carboxylic acid groups (broad SMARTS) is 1. The number of benzene rings is 2. The Hall–Kier alpha value is -1.66. The molecule has 2 aliphatic heterocycles. The molecule has 2 aliphatic rings. The van der Waals surface area contributed by atoms with Crippen LogP contribution in [0.3, 0.4) is 0 Å². The van der Waals surface area contributed by atoms with Crippen LogP contribution in [0.15, 0.2) is 30.3 Å². The second-order valence-electron chi connectivity index (χ2n) is 8.73. The van der Waals surface area contributed by atoms with Crippen molar-refractivity contribution in [2.24, 2.45) is 5.92 Å². The predicted octanol–water partition coefficient (Wildman–Crippen LogP) is 6.06. The molecule has 2 heterocycles. The molecule has 0 radical (unpaired) electrons. The van der Waals surface area contributed by atoms with Gasteiger partial charge in [-0.25, -0.2) is 0 Å². The van der Waals surface area contributed by atoms with E-state index in [1.54, 1.807) is 19.1 Å². The van der Waals surface area contributed by atoms with Crippen LogP contribution in [-0.2, 0) is 16.8 Å². The second-order valence-corrected chi connectivity index (χ2v) is 9.98. The third-order valence-corrected chi connectivity index (χ3v) is 7.52. The molecule has 0 saturated carbocycles. The largest absolute Gasteiger partial charge is 0.492 e. The lowest BCUT2D eigenvalue weighted by atomic mass is 9.74. The summed E-state index contributed by atoms with van der Waals surface area (Å²) in [5.74, 6) is 0.527. The van der Waals surface area contributed by atoms with Crippen LogP contribution < -0.4 is 9.47 Å². The highest BCUT2D eigenvalue weighted by Crippen LogP contribution is 2.46. The van der Waals surface area contributed by atoms with Gasteiger partial charge in [-0.05, 0) is 57.1 Å². The molecule has 8 heteroatoms. The van der Waals surface area contributed by atoms with E-state index in [-0.39, 0.29) is 17.9 Å². The van der Waals surface area contributed by atoms with Crippen LogP contribution in [-0.4, -0.2) is 42.2 Å². The lowest BCUT2D eigenvalue weighted by molar-refractivity contribution is -0.141. The maximum Gasteiger partial charge on any atom is 0.306 e. The molecule has 2 aromatic carbocycles. The number of nitrogens with zero attached hydrogens (tertiary/aromatic N) is 1. The Morgan fingerprint density at radius 3 is 2.53 bits per heavy atom. The van der Waals surface area contributed by atoms with Crippen molar-refractivity contribution in [3.05, 3.63) is 56.5 Å². The lowest BCUT2D eigenvalue weighted by Gasteiger charge is -2.38. The summed E-state index contributed by atoms with van der Waals surface area (Å²) < 4.78 is 12.0. The molecule has 4 rings (SSSR count). The van der Waals surface area contributed by atoms with E-state index in [2.05, 4.69) is 11.0 Å². The van der Waals surface area contributed by atoms with Crippen molar-refractivity contribution in [1.82, 2.24) is 4.90 Å². The molecule has 1 saturated heterocycles. The van der Waals surface area contributed by atoms with Gasteiger partial charge in [0.2, 0.25) is 0 Å². The average Bonchev–Trinajstić information content (AvgIpc) is 3.09. The molecule has 0 aliphatic carbocycles. The third kappa shape index (κ3) is 4.96. The quantitative estimate of drug-likeness (QED) is 0.502. The van der Waals surface area contributed by atoms with Crippen LogP contribution in [0.5, 0.6) is 11.5 Å². The van der Waals surface area contributed by atoms with Gasteiger partial charge in [-0.1, -0.05) is 47.8 Å². The minimum absolute atomic E-state index is 0.0194. The van der Waals surface area contributed by atoms with Gasteiger partial charge in [0.15, 0.2) is 0 Å². The monoisotopic (exact) mass is 497 g/mol. The van der Waals surface area contributed by atoms with E-state index in [0.29, 0.717) is 39.4 Å². The fourth-order valence-corrected chi connectivity index (χ4v) is 5.35. The van der Waals surface area contributed by atoms with Crippen molar-refractivity contribution in [1.29, 1.82) is 0 Å². The van der Waals surface area contributed by atoms with E-state index in [1.165, 1.54) is 5.56 Å². The van der Waals surface area contributed by atoms with Gasteiger partial charge in [-0.3, -0.25) is 4.79 Å². The number of hydrogen-bond acceptors (Lipinski definition) is 4. The molecule has 0 aromatic heterocycles. The molecular weight excluding hydrogens is 473 g/mol. The van der Waals surface area contributed by atoms with Gasteiger partial charge in [0, 0.05) is 27.6 Å². The van der Waals surface area contributed by atoms with Gasteiger partial charge in [-0.15, -0.1) is 0 Å². The highest BCUT2D eigenvalue weighted by Gasteiger charge is 2.43. The Morgan fingerprint density at radius 2 is 1.88 bits per heavy atom. The number of likely N-dealkylation sites (tertiary alicyclic amines) is 1. The Bertz CT molecular complexity index is 982. The third-order valence-electron chi connectivity index (χ3n) is 6.63. The molecule has 1 unspecified atom stereocenters. The minimum atomic E-state index is -0.727. The summed E-state index contributed by atoms with van der Waals surface area (Å²) >= 11 is 18.5. The first-order chi connectivity index (χ1) is 15.3. The van der Waals surface area contributed by atoms with Crippen LogP contribution in [0.1, 0.15) is 37.3 Å². The number of halogens is 3. The van der Waals surface area contributed by atoms with E-state index >= 15 is 0 Å². The molecule has 1 spiro atoms. The number of hydrogen-bond donors (Lipinski definition) is 1. The molecule has 0 amide bonds. The zero-order chi connectivity index (χ0) is 22.9. The zero-order valence-corrected chi connectivity index (χ0v) is 20.1. The Kier molecular flexibility index (Phi) is 7.11. The summed E-state index contributed by atoms with van der Waals surface area (Å²) in [6.07, 6.45) is 2.67. The normalized spacial score (nSPS) is 18.2. The van der Waals surface area contributed by atoms with E-state index in [1.807, 2.05) is 12.1 Å². The first-order valence-electron chi connectivity index (χ1n) is 10.8. The summed E-state index contributed by atoms with van der Waals surface area (Å²) in [5.41, 5.74) is 1.94. The molecule has 172 valence electrons. The number of rotatable bonds is 7. The topological polar surface area (TPSA) is 59.0 Å². The zero-order valence-electron chi connectivity index (χ0n) is 17.9. The van der Waals surface area contributed by atoms with Crippen LogP contribution in [0.4, 0.5) is 0 Å². The van der Waals surface area contributed by atoms with Crippen molar-refractivity contribution in [2.75, 3.05) is 26.2 Å². The summed E-state index contributed by atoms with van der Waals surface area (Å²) in [7, 11) is 0. The number of ether oxygens (including phenoxy) is 2. The van der Waals surface area contributed by atoms with Gasteiger partial charge >= 0.3 is 5.97 Å². The van der Waals surface area contributed by atoms with Gasteiger partial charge in [0.1, 0.15) is 18.1 Å². The average molecular weight is 499 g/mol. The van der Waals surface area contributed by atoms with Gasteiger partial charge < -0.3 is 19.5 Å². The van der Waals surface area contributed by atoms with Crippen LogP contribution in [0.2, 0.25) is 15.1 Å². The smallest absolute Gasteiger partial charge is 0.306 e. The minimum Gasteiger partial charge on any atom is -0.492 e. The van der Waals surface area contributed by atoms with E-state index in [0.717, 1.165) is 38.2 Å². The highest BCUT2D eigenvalue weighted by atomic mass is 35.5. The van der Waals surface area contributed by atoms with Crippen LogP contribution in [0.25, 0.3) is 0 Å². The van der Waals surface area contributed by atoms with Crippen molar-refractivity contribution in [3.63, 3.8) is 0 Å². The Balaban J connectivity index is 1.38. The number of piperidine rings is 1. The molecule has 32 heavy (non-hydrogen) atoms. The maximum atomic E-state index is 11.1. The standard InChI is InChI=1S/C24H26Cl3NO4/c1-15(23(29)30)4-7-28-8-5-24(6-9-28)14-32-22-12-17(2-3-19(22)24)31-13-18-20(26)10-16(25)11-21(18)27/h2-3,10-12,15H,4-9,13-14H2,1H3,(H,29,30). The number of fused-ring (bicyclic) bond motifs is 2. The SMILES string of the molecule is CC(CCN1CCC2(CC1)COc1cc(OCc3c(Cl)cc(Cl)cc3Cl)ccc12)C(=O)O. The summed E-state index contributed by atoms with van der Waals surface area (Å²) in [5, 5.41) is 10.5. The Labute approximate surface area is 203 Å². The van der Waals surface area contributed by atoms with E-state index in [9.17, 15) is 4.79 Å². The molecule has 1 N–H and O–H groups in total. The lowest BCUT2D eigenvalue weighted by Crippen LogP contribution is -2.44. The van der Waals surface area contributed by atoms with Gasteiger partial charge in [-0.2, -0.15) is 0 Å². The van der Waals surface area contributed by atoms with Gasteiger partial charge in [0.05, 0.1) is 22.6 Å². The van der Waals surface area contributed by atoms with Crippen molar-refractivity contribution < 1.29 is 19.4 Å². The summed E-state index contributed by atoms with van der Waals surface area (Å²) in [4.78, 5) is 13.4. The molecule has 2 aromatic rings. The molecule has 1 fully saturated rings. The first kappa shape index (κ1) is 23.5. The summed E-state index contributed by atoms with van der Waals surface area (Å²) in [6.45, 7) is 5.38. The Morgan fingerprint density at radius 1 is 1.19 bits per heavy atom. The van der Waals surface area contributed by atoms with Crippen molar-refractivity contribution in [3.8, 4) is 11.5 Å². The molecule has 5 nitrogen and oxygen atoms in total. The molecule has 1 atom stereocenters. The molecular formula is C24H26Cl3NO4. The number of carboxylic acids is 1. The van der Waals surface area contributed by atoms with E-state index in [4.69, 9.17) is 49.4 Å². The first-order valence-corrected chi connectivity index (χ1v) is 11.9. The molecule has 0 bridgehead atoms. The fourth-order valence-electron chi connectivity index (χ4n) is 4.43. The van der Waals surface area contributed by atoms with E-state index < -0.39 is 5.97 Å². The van der Waals surface area contributed by atoms with Crippen molar-refractivity contribution >= 4 is 40.8 Å². The number of carbonyl (C=O) groups is 1. The van der Waals surface area contributed by atoms with Gasteiger partial charge in [0.25, 0.3) is 0 Å². The highest BCUT2D eigenvalue weighted by molar-refractivity contribution is 6.39.